The average molecular weight is 314 g/mol. The maximum absolute atomic E-state index is 11.7. The number of nitrogens with zero attached hydrogens (tertiary/aromatic N) is 2. The number of carbonyl (C=O) groups excluding carboxylic acids is 1. The molecule has 0 aromatic heterocycles. The van der Waals surface area contributed by atoms with Crippen molar-refractivity contribution in [1.82, 2.24) is 0 Å². The first-order chi connectivity index (χ1) is 10.6. The Hall–Kier alpha value is -2.34. The van der Waals surface area contributed by atoms with Crippen molar-refractivity contribution in [1.29, 1.82) is 0 Å². The molecule has 0 atom stereocenters. The third-order valence-corrected chi connectivity index (χ3v) is 4.66. The van der Waals surface area contributed by atoms with Gasteiger partial charge in [-0.05, 0) is 30.2 Å². The van der Waals surface area contributed by atoms with Crippen LogP contribution in [0.15, 0.2) is 52.3 Å². The Morgan fingerprint density at radius 2 is 2.00 bits per heavy atom. The number of rotatable bonds is 3. The molecule has 0 spiro atoms. The van der Waals surface area contributed by atoms with E-state index >= 15 is 0 Å². The zero-order chi connectivity index (χ0) is 15.7. The van der Waals surface area contributed by atoms with E-state index in [-0.39, 0.29) is 16.5 Å². The molecule has 0 radical (unpaired) electrons. The number of hydrogen-bond donors (Lipinski definition) is 0. The van der Waals surface area contributed by atoms with Crippen molar-refractivity contribution < 1.29 is 9.72 Å². The molecule has 1 aliphatic heterocycles. The van der Waals surface area contributed by atoms with E-state index in [2.05, 4.69) is 0 Å². The van der Waals surface area contributed by atoms with Gasteiger partial charge in [0.15, 0.2) is 0 Å². The molecule has 22 heavy (non-hydrogen) atoms. The number of hydrogen-bond acceptors (Lipinski definition) is 4. The van der Waals surface area contributed by atoms with E-state index in [1.54, 1.807) is 17.0 Å². The first-order valence-electron chi connectivity index (χ1n) is 6.88. The average Bonchev–Trinajstić information content (AvgIpc) is 2.90. The van der Waals surface area contributed by atoms with Crippen molar-refractivity contribution in [3.8, 4) is 0 Å². The minimum absolute atomic E-state index is 0.0386. The standard InChI is InChI=1S/C16H14N2O3S/c1-11(19)17-8-7-12-9-15(18(20)21)16(10-14(12)17)22-13-5-3-2-4-6-13/h2-6,9-10H,7-8H2,1H3. The first kappa shape index (κ1) is 14.6. The molecule has 3 rings (SSSR count). The fourth-order valence-electron chi connectivity index (χ4n) is 2.57. The van der Waals surface area contributed by atoms with Crippen LogP contribution in [0.25, 0.3) is 0 Å². The summed E-state index contributed by atoms with van der Waals surface area (Å²) in [7, 11) is 0. The quantitative estimate of drug-likeness (QED) is 0.641. The highest BCUT2D eigenvalue weighted by Gasteiger charge is 2.27. The molecule has 0 bridgehead atoms. The zero-order valence-corrected chi connectivity index (χ0v) is 12.8. The lowest BCUT2D eigenvalue weighted by atomic mass is 10.1. The minimum Gasteiger partial charge on any atom is -0.312 e. The van der Waals surface area contributed by atoms with E-state index in [0.717, 1.165) is 16.1 Å². The molecule has 0 saturated heterocycles. The van der Waals surface area contributed by atoms with Crippen LogP contribution in [0.1, 0.15) is 12.5 Å². The highest BCUT2D eigenvalue weighted by atomic mass is 32.2. The molecule has 0 saturated carbocycles. The van der Waals surface area contributed by atoms with E-state index in [1.807, 2.05) is 30.3 Å². The van der Waals surface area contributed by atoms with Gasteiger partial charge >= 0.3 is 0 Å². The summed E-state index contributed by atoms with van der Waals surface area (Å²) in [5.74, 6) is -0.0386. The van der Waals surface area contributed by atoms with Gasteiger partial charge in [0.2, 0.25) is 5.91 Å². The van der Waals surface area contributed by atoms with Crippen LogP contribution in [0.5, 0.6) is 0 Å². The van der Waals surface area contributed by atoms with E-state index < -0.39 is 0 Å². The number of nitro benzene ring substituents is 1. The number of fused-ring (bicyclic) bond motifs is 1. The second kappa shape index (κ2) is 5.81. The summed E-state index contributed by atoms with van der Waals surface area (Å²) in [6.45, 7) is 2.10. The molecule has 2 aromatic rings. The topological polar surface area (TPSA) is 63.5 Å². The number of benzene rings is 2. The van der Waals surface area contributed by atoms with Gasteiger partial charge in [0.25, 0.3) is 5.69 Å². The van der Waals surface area contributed by atoms with Crippen LogP contribution in [-0.4, -0.2) is 17.4 Å². The van der Waals surface area contributed by atoms with Gasteiger partial charge in [-0.3, -0.25) is 14.9 Å². The Morgan fingerprint density at radius 1 is 1.27 bits per heavy atom. The lowest BCUT2D eigenvalue weighted by Gasteiger charge is -2.15. The van der Waals surface area contributed by atoms with Gasteiger partial charge < -0.3 is 4.90 Å². The van der Waals surface area contributed by atoms with Crippen LogP contribution in [-0.2, 0) is 11.2 Å². The van der Waals surface area contributed by atoms with Crippen LogP contribution in [0.3, 0.4) is 0 Å². The molecule has 1 amide bonds. The van der Waals surface area contributed by atoms with Crippen LogP contribution in [0.4, 0.5) is 11.4 Å². The maximum atomic E-state index is 11.7. The van der Waals surface area contributed by atoms with Crippen molar-refractivity contribution in [2.24, 2.45) is 0 Å². The van der Waals surface area contributed by atoms with Crippen molar-refractivity contribution in [3.63, 3.8) is 0 Å². The Balaban J connectivity index is 2.06. The van der Waals surface area contributed by atoms with Gasteiger partial charge in [0.05, 0.1) is 9.82 Å². The van der Waals surface area contributed by atoms with Gasteiger partial charge in [0, 0.05) is 30.1 Å². The van der Waals surface area contributed by atoms with E-state index in [9.17, 15) is 14.9 Å². The molecule has 5 nitrogen and oxygen atoms in total. The SMILES string of the molecule is CC(=O)N1CCc2cc([N+](=O)[O-])c(Sc3ccccc3)cc21. The monoisotopic (exact) mass is 314 g/mol. The molecule has 1 aliphatic rings. The lowest BCUT2D eigenvalue weighted by molar-refractivity contribution is -0.387. The highest BCUT2D eigenvalue weighted by molar-refractivity contribution is 7.99. The number of amides is 1. The Kier molecular flexibility index (Phi) is 3.85. The Morgan fingerprint density at radius 3 is 2.64 bits per heavy atom. The van der Waals surface area contributed by atoms with E-state index in [4.69, 9.17) is 0 Å². The molecule has 0 fully saturated rings. The number of anilines is 1. The molecule has 2 aromatic carbocycles. The third-order valence-electron chi connectivity index (χ3n) is 3.60. The highest BCUT2D eigenvalue weighted by Crippen LogP contribution is 2.41. The molecule has 6 heteroatoms. The predicted molar refractivity (Wildman–Crippen MR) is 85.4 cm³/mol. The molecule has 0 N–H and O–H groups in total. The summed E-state index contributed by atoms with van der Waals surface area (Å²) in [5, 5.41) is 11.3. The molecule has 112 valence electrons. The molecular weight excluding hydrogens is 300 g/mol. The van der Waals surface area contributed by atoms with Gasteiger partial charge in [0.1, 0.15) is 0 Å². The second-order valence-corrected chi connectivity index (χ2v) is 6.16. The van der Waals surface area contributed by atoms with Crippen LogP contribution in [0.2, 0.25) is 0 Å². The van der Waals surface area contributed by atoms with Gasteiger partial charge in [-0.25, -0.2) is 0 Å². The zero-order valence-electron chi connectivity index (χ0n) is 12.0. The van der Waals surface area contributed by atoms with Crippen LogP contribution < -0.4 is 4.90 Å². The normalized spacial score (nSPS) is 13.0. The smallest absolute Gasteiger partial charge is 0.283 e. The second-order valence-electron chi connectivity index (χ2n) is 5.04. The number of nitro groups is 1. The summed E-state index contributed by atoms with van der Waals surface area (Å²) in [6.07, 6.45) is 0.659. The van der Waals surface area contributed by atoms with Crippen molar-refractivity contribution in [3.05, 3.63) is 58.1 Å². The van der Waals surface area contributed by atoms with E-state index in [1.165, 1.54) is 18.7 Å². The van der Waals surface area contributed by atoms with Crippen molar-refractivity contribution in [2.45, 2.75) is 23.1 Å². The van der Waals surface area contributed by atoms with Crippen LogP contribution >= 0.6 is 11.8 Å². The van der Waals surface area contributed by atoms with Gasteiger partial charge in [-0.2, -0.15) is 0 Å². The lowest BCUT2D eigenvalue weighted by Crippen LogP contribution is -2.25. The maximum Gasteiger partial charge on any atom is 0.283 e. The predicted octanol–water partition coefficient (Wildman–Crippen LogP) is 3.66. The first-order valence-corrected chi connectivity index (χ1v) is 7.70. The minimum atomic E-state index is -0.359. The Labute approximate surface area is 132 Å². The third kappa shape index (κ3) is 2.69. The molecular formula is C16H14N2O3S. The summed E-state index contributed by atoms with van der Waals surface area (Å²) < 4.78 is 0. The Bertz CT molecular complexity index is 747. The van der Waals surface area contributed by atoms with Gasteiger partial charge in [-0.1, -0.05) is 30.0 Å². The van der Waals surface area contributed by atoms with Gasteiger partial charge in [-0.15, -0.1) is 0 Å². The summed E-state index contributed by atoms with van der Waals surface area (Å²) in [4.78, 5) is 25.8. The molecule has 1 heterocycles. The molecule has 0 aliphatic carbocycles. The van der Waals surface area contributed by atoms with Crippen molar-refractivity contribution in [2.75, 3.05) is 11.4 Å². The fourth-order valence-corrected chi connectivity index (χ4v) is 3.53. The summed E-state index contributed by atoms with van der Waals surface area (Å²) in [5.41, 5.74) is 1.74. The van der Waals surface area contributed by atoms with Crippen LogP contribution in [0, 0.1) is 10.1 Å². The fraction of sp³-hybridized carbons (Fsp3) is 0.188. The number of carbonyl (C=O) groups is 1. The summed E-state index contributed by atoms with van der Waals surface area (Å²) >= 11 is 1.34. The van der Waals surface area contributed by atoms with Crippen molar-refractivity contribution >= 4 is 29.0 Å². The molecule has 0 unspecified atom stereocenters. The largest absolute Gasteiger partial charge is 0.312 e. The summed E-state index contributed by atoms with van der Waals surface area (Å²) in [6, 6.07) is 12.9. The van der Waals surface area contributed by atoms with E-state index in [0.29, 0.717) is 17.9 Å².